The molecule has 4 nitrogen and oxygen atoms in total. The Labute approximate surface area is 108 Å². The van der Waals surface area contributed by atoms with Gasteiger partial charge in [-0.15, -0.1) is 0 Å². The number of aromatic hydroxyl groups is 1. The average Bonchev–Trinajstić information content (AvgIpc) is 2.67. The number of aromatic nitrogens is 3. The maximum absolute atomic E-state index is 9.86. The van der Waals surface area contributed by atoms with E-state index in [2.05, 4.69) is 9.97 Å². The van der Waals surface area contributed by atoms with Crippen LogP contribution in [0.15, 0.2) is 42.6 Å². The van der Waals surface area contributed by atoms with Crippen LogP contribution in [0.5, 0.6) is 6.01 Å². The monoisotopic (exact) mass is 259 g/mol. The van der Waals surface area contributed by atoms with E-state index in [1.165, 1.54) is 6.20 Å². The van der Waals surface area contributed by atoms with Crippen molar-refractivity contribution in [3.05, 3.63) is 53.2 Å². The Morgan fingerprint density at radius 3 is 2.78 bits per heavy atom. The Bertz CT molecular complexity index is 694. The summed E-state index contributed by atoms with van der Waals surface area (Å²) in [6.45, 7) is 0.533. The van der Waals surface area contributed by atoms with E-state index in [4.69, 9.17) is 11.6 Å². The van der Waals surface area contributed by atoms with Crippen molar-refractivity contribution in [2.75, 3.05) is 0 Å². The van der Waals surface area contributed by atoms with Crippen LogP contribution >= 0.6 is 11.6 Å². The zero-order chi connectivity index (χ0) is 12.5. The summed E-state index contributed by atoms with van der Waals surface area (Å²) in [4.78, 5) is 8.08. The van der Waals surface area contributed by atoms with Gasteiger partial charge in [-0.25, -0.2) is 4.98 Å². The van der Waals surface area contributed by atoms with Gasteiger partial charge < -0.3 is 5.11 Å². The summed E-state index contributed by atoms with van der Waals surface area (Å²) in [5.74, 6) is 0. The quantitative estimate of drug-likeness (QED) is 0.770. The third kappa shape index (κ3) is 1.91. The van der Waals surface area contributed by atoms with Crippen LogP contribution in [0, 0.1) is 0 Å². The van der Waals surface area contributed by atoms with Gasteiger partial charge >= 0.3 is 0 Å². The van der Waals surface area contributed by atoms with Crippen LogP contribution in [-0.2, 0) is 6.54 Å². The first kappa shape index (κ1) is 11.0. The third-order valence-corrected chi connectivity index (χ3v) is 2.94. The lowest BCUT2D eigenvalue weighted by atomic mass is 10.2. The Balaban J connectivity index is 2.11. The van der Waals surface area contributed by atoms with Crippen molar-refractivity contribution in [1.29, 1.82) is 0 Å². The summed E-state index contributed by atoms with van der Waals surface area (Å²) in [6.07, 6.45) is 1.52. The van der Waals surface area contributed by atoms with Gasteiger partial charge in [-0.3, -0.25) is 4.57 Å². The highest BCUT2D eigenvalue weighted by Crippen LogP contribution is 2.22. The maximum atomic E-state index is 9.86. The molecule has 1 aromatic carbocycles. The molecule has 0 fully saturated rings. The van der Waals surface area contributed by atoms with Gasteiger partial charge in [-0.05, 0) is 11.6 Å². The van der Waals surface area contributed by atoms with E-state index in [1.807, 2.05) is 30.3 Å². The number of hydrogen-bond donors (Lipinski definition) is 1. The molecule has 5 heteroatoms. The van der Waals surface area contributed by atoms with Gasteiger partial charge in [-0.2, -0.15) is 4.98 Å². The highest BCUT2D eigenvalue weighted by atomic mass is 35.5. The molecular weight excluding hydrogens is 250 g/mol. The first-order valence-corrected chi connectivity index (χ1v) is 5.86. The largest absolute Gasteiger partial charge is 0.480 e. The summed E-state index contributed by atoms with van der Waals surface area (Å²) < 4.78 is 1.68. The molecular formula is C13H10ClN3O. The molecule has 0 atom stereocenters. The van der Waals surface area contributed by atoms with Crippen molar-refractivity contribution in [3.8, 4) is 6.01 Å². The van der Waals surface area contributed by atoms with Crippen molar-refractivity contribution in [1.82, 2.24) is 14.5 Å². The lowest BCUT2D eigenvalue weighted by Gasteiger charge is -2.05. The van der Waals surface area contributed by atoms with Crippen molar-refractivity contribution in [2.45, 2.75) is 6.54 Å². The normalized spacial score (nSPS) is 10.9. The van der Waals surface area contributed by atoms with E-state index in [0.29, 0.717) is 17.2 Å². The van der Waals surface area contributed by atoms with Gasteiger partial charge in [0, 0.05) is 6.20 Å². The van der Waals surface area contributed by atoms with E-state index < -0.39 is 0 Å². The molecule has 3 rings (SSSR count). The standard InChI is InChI=1S/C13H10ClN3O/c14-10-6-11-12(15-7-10)16-13(18)17(11)8-9-4-2-1-3-5-9/h1-7H,8H2,(H,15,16,18). The second kappa shape index (κ2) is 4.31. The van der Waals surface area contributed by atoms with E-state index in [-0.39, 0.29) is 6.01 Å². The summed E-state index contributed by atoms with van der Waals surface area (Å²) in [7, 11) is 0. The molecule has 3 aromatic rings. The summed E-state index contributed by atoms with van der Waals surface area (Å²) in [6, 6.07) is 11.5. The molecule has 0 saturated carbocycles. The molecule has 0 unspecified atom stereocenters. The molecule has 0 saturated heterocycles. The van der Waals surface area contributed by atoms with Gasteiger partial charge in [-0.1, -0.05) is 41.9 Å². The average molecular weight is 260 g/mol. The lowest BCUT2D eigenvalue weighted by molar-refractivity contribution is 0.409. The van der Waals surface area contributed by atoms with Crippen LogP contribution in [-0.4, -0.2) is 19.6 Å². The highest BCUT2D eigenvalue weighted by molar-refractivity contribution is 6.31. The number of hydrogen-bond acceptors (Lipinski definition) is 3. The molecule has 0 amide bonds. The molecule has 0 spiro atoms. The molecule has 0 radical (unpaired) electrons. The molecule has 1 N–H and O–H groups in total. The van der Waals surface area contributed by atoms with Gasteiger partial charge in [0.05, 0.1) is 17.1 Å². The number of fused-ring (bicyclic) bond motifs is 1. The van der Waals surface area contributed by atoms with Crippen LogP contribution in [0.4, 0.5) is 0 Å². The summed E-state index contributed by atoms with van der Waals surface area (Å²) >= 11 is 5.92. The number of imidazole rings is 1. The molecule has 0 aliphatic rings. The minimum absolute atomic E-state index is 0.0522. The van der Waals surface area contributed by atoms with E-state index in [1.54, 1.807) is 10.6 Å². The van der Waals surface area contributed by atoms with Crippen LogP contribution in [0.2, 0.25) is 5.02 Å². The second-order valence-electron chi connectivity index (χ2n) is 3.98. The molecule has 2 heterocycles. The molecule has 90 valence electrons. The number of rotatable bonds is 2. The van der Waals surface area contributed by atoms with Gasteiger partial charge in [0.2, 0.25) is 0 Å². The molecule has 2 aromatic heterocycles. The van der Waals surface area contributed by atoms with E-state index in [0.717, 1.165) is 11.1 Å². The predicted molar refractivity (Wildman–Crippen MR) is 69.7 cm³/mol. The molecule has 18 heavy (non-hydrogen) atoms. The second-order valence-corrected chi connectivity index (χ2v) is 4.42. The Morgan fingerprint density at radius 2 is 2.00 bits per heavy atom. The smallest absolute Gasteiger partial charge is 0.296 e. The fourth-order valence-electron chi connectivity index (χ4n) is 1.89. The van der Waals surface area contributed by atoms with Gasteiger partial charge in [0.1, 0.15) is 0 Å². The van der Waals surface area contributed by atoms with Crippen molar-refractivity contribution >= 4 is 22.8 Å². The van der Waals surface area contributed by atoms with Crippen LogP contribution < -0.4 is 0 Å². The zero-order valence-corrected chi connectivity index (χ0v) is 10.2. The van der Waals surface area contributed by atoms with Gasteiger partial charge in [0.25, 0.3) is 6.01 Å². The Kier molecular flexibility index (Phi) is 2.64. The fourth-order valence-corrected chi connectivity index (χ4v) is 2.04. The van der Waals surface area contributed by atoms with Crippen LogP contribution in [0.1, 0.15) is 5.56 Å². The number of benzene rings is 1. The van der Waals surface area contributed by atoms with Gasteiger partial charge in [0.15, 0.2) is 5.65 Å². The Hall–Kier alpha value is -2.07. The summed E-state index contributed by atoms with van der Waals surface area (Å²) in [5, 5.41) is 10.4. The lowest BCUT2D eigenvalue weighted by Crippen LogP contribution is -1.98. The fraction of sp³-hybridized carbons (Fsp3) is 0.0769. The number of halogens is 1. The SMILES string of the molecule is Oc1nc2ncc(Cl)cc2n1Cc1ccccc1. The first-order valence-electron chi connectivity index (χ1n) is 5.49. The van der Waals surface area contributed by atoms with E-state index in [9.17, 15) is 5.11 Å². The van der Waals surface area contributed by atoms with Crippen LogP contribution in [0.25, 0.3) is 11.2 Å². The Morgan fingerprint density at radius 1 is 1.22 bits per heavy atom. The first-order chi connectivity index (χ1) is 8.74. The minimum atomic E-state index is -0.0522. The maximum Gasteiger partial charge on any atom is 0.296 e. The molecule has 0 aliphatic heterocycles. The summed E-state index contributed by atoms with van der Waals surface area (Å²) in [5.41, 5.74) is 2.30. The zero-order valence-electron chi connectivity index (χ0n) is 9.42. The third-order valence-electron chi connectivity index (χ3n) is 2.74. The van der Waals surface area contributed by atoms with Crippen LogP contribution in [0.3, 0.4) is 0 Å². The van der Waals surface area contributed by atoms with Crippen molar-refractivity contribution in [3.63, 3.8) is 0 Å². The minimum Gasteiger partial charge on any atom is -0.480 e. The van der Waals surface area contributed by atoms with E-state index >= 15 is 0 Å². The molecule has 0 aliphatic carbocycles. The highest BCUT2D eigenvalue weighted by Gasteiger charge is 2.11. The van der Waals surface area contributed by atoms with Crippen molar-refractivity contribution < 1.29 is 5.11 Å². The van der Waals surface area contributed by atoms with Crippen molar-refractivity contribution in [2.24, 2.45) is 0 Å². The molecule has 0 bridgehead atoms. The number of pyridine rings is 1. The number of nitrogens with zero attached hydrogens (tertiary/aromatic N) is 3. The predicted octanol–water partition coefficient (Wildman–Crippen LogP) is 2.84. The topological polar surface area (TPSA) is 50.9 Å².